The molecule has 0 bridgehead atoms. The third kappa shape index (κ3) is 8.19. The van der Waals surface area contributed by atoms with Crippen LogP contribution in [0, 0.1) is 0 Å². The average molecular weight is 559 g/mol. The highest BCUT2D eigenvalue weighted by Crippen LogP contribution is 2.38. The highest BCUT2D eigenvalue weighted by molar-refractivity contribution is 6.11. The van der Waals surface area contributed by atoms with Gasteiger partial charge in [-0.15, -0.1) is 0 Å². The summed E-state index contributed by atoms with van der Waals surface area (Å²) in [7, 11) is 1.51. The second-order valence-electron chi connectivity index (χ2n) is 11.5. The number of benzene rings is 3. The lowest BCUT2D eigenvalue weighted by molar-refractivity contribution is -0.118. The molecule has 0 aliphatic carbocycles. The zero-order valence-electron chi connectivity index (χ0n) is 25.2. The van der Waals surface area contributed by atoms with Gasteiger partial charge < -0.3 is 20.1 Å². The lowest BCUT2D eigenvalue weighted by atomic mass is 9.76. The van der Waals surface area contributed by atoms with E-state index in [1.807, 2.05) is 6.07 Å². The molecule has 2 amide bonds. The second-order valence-corrected chi connectivity index (χ2v) is 11.5. The van der Waals surface area contributed by atoms with E-state index in [-0.39, 0.29) is 35.5 Å². The van der Waals surface area contributed by atoms with Gasteiger partial charge in [-0.1, -0.05) is 77.9 Å². The van der Waals surface area contributed by atoms with Crippen molar-refractivity contribution in [2.75, 3.05) is 24.4 Å². The van der Waals surface area contributed by atoms with Crippen LogP contribution in [-0.4, -0.2) is 31.3 Å². The molecule has 2 N–H and O–H groups in total. The number of ketones is 1. The first-order valence-electron chi connectivity index (χ1n) is 14.0. The Labute approximate surface area is 243 Å². The van der Waals surface area contributed by atoms with E-state index in [1.54, 1.807) is 48.5 Å². The maximum atomic E-state index is 12.8. The first-order valence-corrected chi connectivity index (χ1v) is 14.0. The average Bonchev–Trinajstić information content (AvgIpc) is 2.96. The molecule has 0 saturated carbocycles. The molecular formula is C34H42N2O5. The van der Waals surface area contributed by atoms with Crippen LogP contribution in [0.15, 0.2) is 66.7 Å². The monoisotopic (exact) mass is 558 g/mol. The molecule has 0 fully saturated rings. The van der Waals surface area contributed by atoms with E-state index in [4.69, 9.17) is 9.47 Å². The smallest absolute Gasteiger partial charge is 0.262 e. The van der Waals surface area contributed by atoms with Crippen LogP contribution in [0.5, 0.6) is 11.5 Å². The maximum Gasteiger partial charge on any atom is 0.262 e. The Bertz CT molecular complexity index is 1390. The van der Waals surface area contributed by atoms with Crippen LogP contribution in [0.2, 0.25) is 0 Å². The van der Waals surface area contributed by atoms with E-state index in [2.05, 4.69) is 64.3 Å². The van der Waals surface area contributed by atoms with Crippen molar-refractivity contribution < 1.29 is 23.9 Å². The molecule has 0 aliphatic rings. The first kappa shape index (κ1) is 31.4. The summed E-state index contributed by atoms with van der Waals surface area (Å²) in [5.74, 6) is 0.0217. The minimum Gasteiger partial charge on any atom is -0.495 e. The summed E-state index contributed by atoms with van der Waals surface area (Å²) in [5.41, 5.74) is 3.48. The number of para-hydroxylation sites is 2. The van der Waals surface area contributed by atoms with Crippen molar-refractivity contribution in [3.05, 3.63) is 83.4 Å². The van der Waals surface area contributed by atoms with Crippen LogP contribution in [0.25, 0.3) is 0 Å². The molecule has 41 heavy (non-hydrogen) atoms. The van der Waals surface area contributed by atoms with Crippen LogP contribution < -0.4 is 20.1 Å². The lowest BCUT2D eigenvalue weighted by Gasteiger charge is -2.30. The van der Waals surface area contributed by atoms with Gasteiger partial charge in [-0.2, -0.15) is 0 Å². The van der Waals surface area contributed by atoms with E-state index in [9.17, 15) is 14.4 Å². The van der Waals surface area contributed by atoms with E-state index in [1.165, 1.54) is 12.7 Å². The molecule has 0 heterocycles. The summed E-state index contributed by atoms with van der Waals surface area (Å²) >= 11 is 0. The number of carbonyl (C=O) groups is 3. The molecule has 0 aliphatic heterocycles. The van der Waals surface area contributed by atoms with Crippen molar-refractivity contribution in [3.8, 4) is 11.5 Å². The molecule has 0 radical (unpaired) electrons. The normalized spacial score (nSPS) is 11.5. The number of amides is 2. The summed E-state index contributed by atoms with van der Waals surface area (Å²) in [6, 6.07) is 19.8. The van der Waals surface area contributed by atoms with Crippen molar-refractivity contribution in [2.45, 2.75) is 71.6 Å². The predicted molar refractivity (Wildman–Crippen MR) is 164 cm³/mol. The maximum absolute atomic E-state index is 12.8. The summed E-state index contributed by atoms with van der Waals surface area (Å²) in [4.78, 5) is 38.1. The molecule has 3 aromatic rings. The fourth-order valence-electron chi connectivity index (χ4n) is 4.30. The van der Waals surface area contributed by atoms with Gasteiger partial charge in [0.25, 0.3) is 5.91 Å². The Balaban J connectivity index is 1.65. The van der Waals surface area contributed by atoms with Crippen molar-refractivity contribution >= 4 is 29.0 Å². The fourth-order valence-corrected chi connectivity index (χ4v) is 4.30. The summed E-state index contributed by atoms with van der Waals surface area (Å²) in [6.07, 6.45) is 1.58. The van der Waals surface area contributed by atoms with Crippen LogP contribution >= 0.6 is 0 Å². The Hall–Kier alpha value is -4.13. The molecule has 3 aromatic carbocycles. The molecule has 7 nitrogen and oxygen atoms in total. The predicted octanol–water partition coefficient (Wildman–Crippen LogP) is 7.30. The SMILES string of the molecule is CCC(C)(C)c1ccc(OCC(=O)Nc2cccc(C(=O)CC(=O)Nc3ccccc3OC)c2)c(C(C)(C)CC)c1. The van der Waals surface area contributed by atoms with Crippen LogP contribution in [0.3, 0.4) is 0 Å². The third-order valence-corrected chi connectivity index (χ3v) is 7.79. The number of ether oxygens (including phenoxy) is 2. The third-order valence-electron chi connectivity index (χ3n) is 7.79. The standard InChI is InChI=1S/C34H42N2O5/c1-8-33(3,4)24-17-18-29(26(20-24)34(5,6)9-2)41-22-32(39)35-25-14-12-13-23(19-25)28(37)21-31(38)36-27-15-10-11-16-30(27)40-7/h10-20H,8-9,21-22H2,1-7H3,(H,35,39)(H,36,38). The van der Waals surface area contributed by atoms with Gasteiger partial charge >= 0.3 is 0 Å². The number of hydrogen-bond acceptors (Lipinski definition) is 5. The minimum atomic E-state index is -0.457. The molecule has 0 spiro atoms. The van der Waals surface area contributed by atoms with Crippen LogP contribution in [0.1, 0.15) is 82.3 Å². The van der Waals surface area contributed by atoms with E-state index in [0.29, 0.717) is 28.4 Å². The van der Waals surface area contributed by atoms with Crippen molar-refractivity contribution in [2.24, 2.45) is 0 Å². The highest BCUT2D eigenvalue weighted by atomic mass is 16.5. The van der Waals surface area contributed by atoms with Gasteiger partial charge in [-0.05, 0) is 59.6 Å². The fraction of sp³-hybridized carbons (Fsp3) is 0.382. The van der Waals surface area contributed by atoms with Gasteiger partial charge in [0.05, 0.1) is 19.2 Å². The van der Waals surface area contributed by atoms with Crippen molar-refractivity contribution in [3.63, 3.8) is 0 Å². The summed E-state index contributed by atoms with van der Waals surface area (Å²) in [6.45, 7) is 13.0. The van der Waals surface area contributed by atoms with Gasteiger partial charge in [0.15, 0.2) is 12.4 Å². The summed E-state index contributed by atoms with van der Waals surface area (Å²) < 4.78 is 11.3. The van der Waals surface area contributed by atoms with E-state index >= 15 is 0 Å². The molecule has 3 rings (SSSR count). The zero-order valence-corrected chi connectivity index (χ0v) is 25.2. The molecule has 0 atom stereocenters. The highest BCUT2D eigenvalue weighted by Gasteiger charge is 2.27. The number of anilines is 2. The largest absolute Gasteiger partial charge is 0.495 e. The lowest BCUT2D eigenvalue weighted by Crippen LogP contribution is -2.24. The molecule has 7 heteroatoms. The number of rotatable bonds is 13. The second kappa shape index (κ2) is 13.5. The van der Waals surface area contributed by atoms with E-state index in [0.717, 1.165) is 18.4 Å². The zero-order chi connectivity index (χ0) is 30.2. The number of Topliss-reactive ketones (excluding diaryl/α,β-unsaturated/α-hetero) is 1. The number of methoxy groups -OCH3 is 1. The molecule has 0 saturated heterocycles. The molecule has 0 aromatic heterocycles. The topological polar surface area (TPSA) is 93.7 Å². The van der Waals surface area contributed by atoms with Crippen molar-refractivity contribution in [1.82, 2.24) is 0 Å². The van der Waals surface area contributed by atoms with Crippen molar-refractivity contribution in [1.29, 1.82) is 0 Å². The Morgan fingerprint density at radius 2 is 1.46 bits per heavy atom. The Kier molecular flexibility index (Phi) is 10.3. The van der Waals surface area contributed by atoms with Gasteiger partial charge in [0.2, 0.25) is 5.91 Å². The number of nitrogens with one attached hydrogen (secondary N) is 2. The number of hydrogen-bond donors (Lipinski definition) is 2. The Morgan fingerprint density at radius 1 is 0.756 bits per heavy atom. The summed E-state index contributed by atoms with van der Waals surface area (Å²) in [5, 5.41) is 5.50. The van der Waals surface area contributed by atoms with Gasteiger partial charge in [0.1, 0.15) is 11.5 Å². The Morgan fingerprint density at radius 3 is 2.15 bits per heavy atom. The quantitative estimate of drug-likeness (QED) is 0.170. The van der Waals surface area contributed by atoms with Gasteiger partial charge in [-0.3, -0.25) is 14.4 Å². The van der Waals surface area contributed by atoms with Crippen LogP contribution in [-0.2, 0) is 20.4 Å². The van der Waals surface area contributed by atoms with Crippen LogP contribution in [0.4, 0.5) is 11.4 Å². The van der Waals surface area contributed by atoms with Gasteiger partial charge in [-0.25, -0.2) is 0 Å². The van der Waals surface area contributed by atoms with E-state index < -0.39 is 5.91 Å². The molecule has 0 unspecified atom stereocenters. The minimum absolute atomic E-state index is 0.0337. The van der Waals surface area contributed by atoms with Gasteiger partial charge in [0, 0.05) is 16.8 Å². The number of carbonyl (C=O) groups excluding carboxylic acids is 3. The first-order chi connectivity index (χ1) is 19.4. The molecule has 218 valence electrons. The molecular weight excluding hydrogens is 516 g/mol.